The number of carbonyl (C=O) groups is 1. The summed E-state index contributed by atoms with van der Waals surface area (Å²) in [5.41, 5.74) is 0.542. The zero-order chi connectivity index (χ0) is 24.3. The summed E-state index contributed by atoms with van der Waals surface area (Å²) in [5.74, 6) is -4.80. The Labute approximate surface area is 195 Å². The summed E-state index contributed by atoms with van der Waals surface area (Å²) in [6, 6.07) is 8.02. The molecule has 176 valence electrons. The Balaban J connectivity index is 1.94. The van der Waals surface area contributed by atoms with Gasteiger partial charge in [-0.1, -0.05) is 30.7 Å². The first kappa shape index (κ1) is 25.0. The van der Waals surface area contributed by atoms with Crippen LogP contribution in [-0.2, 0) is 17.6 Å². The third kappa shape index (κ3) is 5.83. The van der Waals surface area contributed by atoms with Crippen LogP contribution in [0.5, 0.6) is 5.75 Å². The topological polar surface area (TPSA) is 46.5 Å². The summed E-state index contributed by atoms with van der Waals surface area (Å²) in [6.45, 7) is 0.956. The van der Waals surface area contributed by atoms with Gasteiger partial charge in [0, 0.05) is 10.6 Å². The Hall–Kier alpha value is -2.65. The molecule has 0 aliphatic rings. The van der Waals surface area contributed by atoms with Gasteiger partial charge in [-0.05, 0) is 58.7 Å². The van der Waals surface area contributed by atoms with Crippen molar-refractivity contribution in [2.24, 2.45) is 0 Å². The summed E-state index contributed by atoms with van der Waals surface area (Å²) in [4.78, 5) is 10.0. The highest BCUT2D eigenvalue weighted by molar-refractivity contribution is 7.10. The van der Waals surface area contributed by atoms with Crippen molar-refractivity contribution >= 4 is 28.9 Å². The van der Waals surface area contributed by atoms with Gasteiger partial charge in [0.05, 0.1) is 6.42 Å². The van der Waals surface area contributed by atoms with Gasteiger partial charge >= 0.3 is 12.1 Å². The summed E-state index contributed by atoms with van der Waals surface area (Å²) in [5, 5.41) is 10.7. The maximum absolute atomic E-state index is 14.6. The Morgan fingerprint density at radius 2 is 1.76 bits per heavy atom. The smallest absolute Gasteiger partial charge is 0.426 e. The van der Waals surface area contributed by atoms with Gasteiger partial charge in [0.25, 0.3) is 0 Å². The number of hydrogen-bond donors (Lipinski definition) is 1. The van der Waals surface area contributed by atoms with E-state index in [1.165, 1.54) is 29.6 Å². The highest BCUT2D eigenvalue weighted by Gasteiger charge is 2.37. The van der Waals surface area contributed by atoms with Gasteiger partial charge in [-0.2, -0.15) is 13.2 Å². The second-order valence-electron chi connectivity index (χ2n) is 7.27. The van der Waals surface area contributed by atoms with Crippen LogP contribution >= 0.6 is 22.9 Å². The first-order chi connectivity index (χ1) is 15.5. The normalized spacial score (nSPS) is 12.6. The monoisotopic (exact) mass is 504 g/mol. The molecule has 3 aromatic rings. The molecule has 33 heavy (non-hydrogen) atoms. The fourth-order valence-electron chi connectivity index (χ4n) is 3.44. The fourth-order valence-corrected chi connectivity index (χ4v) is 4.53. The highest BCUT2D eigenvalue weighted by Crippen LogP contribution is 2.42. The van der Waals surface area contributed by atoms with E-state index in [0.29, 0.717) is 28.3 Å². The molecule has 0 saturated heterocycles. The van der Waals surface area contributed by atoms with Crippen molar-refractivity contribution in [2.45, 2.75) is 38.5 Å². The zero-order valence-corrected chi connectivity index (χ0v) is 18.8. The average Bonchev–Trinajstić information content (AvgIpc) is 3.16. The van der Waals surface area contributed by atoms with Crippen molar-refractivity contribution in [3.8, 4) is 16.9 Å². The van der Waals surface area contributed by atoms with Gasteiger partial charge in [-0.3, -0.25) is 4.79 Å². The highest BCUT2D eigenvalue weighted by atomic mass is 35.5. The van der Waals surface area contributed by atoms with Crippen molar-refractivity contribution in [3.63, 3.8) is 0 Å². The molecule has 0 fully saturated rings. The van der Waals surface area contributed by atoms with E-state index in [0.717, 1.165) is 12.1 Å². The Bertz CT molecular complexity index is 1120. The van der Waals surface area contributed by atoms with Crippen LogP contribution in [0.25, 0.3) is 11.1 Å². The minimum absolute atomic E-state index is 0.135. The molecule has 1 N–H and O–H groups in total. The second kappa shape index (κ2) is 10.1. The van der Waals surface area contributed by atoms with Gasteiger partial charge in [0.2, 0.25) is 0 Å². The van der Waals surface area contributed by atoms with Gasteiger partial charge in [-0.15, -0.1) is 11.3 Å². The second-order valence-corrected chi connectivity index (χ2v) is 8.58. The van der Waals surface area contributed by atoms with Crippen LogP contribution in [0.15, 0.2) is 41.8 Å². The van der Waals surface area contributed by atoms with E-state index in [1.807, 2.05) is 0 Å². The largest absolute Gasteiger partial charge is 0.483 e. The minimum Gasteiger partial charge on any atom is -0.483 e. The van der Waals surface area contributed by atoms with E-state index >= 15 is 0 Å². The van der Waals surface area contributed by atoms with E-state index in [4.69, 9.17) is 21.4 Å². The first-order valence-electron chi connectivity index (χ1n) is 9.78. The lowest BCUT2D eigenvalue weighted by Gasteiger charge is -2.16. The van der Waals surface area contributed by atoms with E-state index < -0.39 is 46.9 Å². The predicted octanol–water partition coefficient (Wildman–Crippen LogP) is 7.91. The Kier molecular flexibility index (Phi) is 7.64. The molecule has 3 nitrogen and oxygen atoms in total. The van der Waals surface area contributed by atoms with Crippen LogP contribution in [0.3, 0.4) is 0 Å². The van der Waals surface area contributed by atoms with Crippen molar-refractivity contribution < 1.29 is 36.6 Å². The molecule has 1 aromatic heterocycles. The minimum atomic E-state index is -4.68. The summed E-state index contributed by atoms with van der Waals surface area (Å²) >= 11 is 6.31. The van der Waals surface area contributed by atoms with Crippen molar-refractivity contribution in [2.75, 3.05) is 0 Å². The molecule has 0 spiro atoms. The van der Waals surface area contributed by atoms with Crippen molar-refractivity contribution in [1.29, 1.82) is 0 Å². The van der Waals surface area contributed by atoms with Gasteiger partial charge < -0.3 is 9.84 Å². The fraction of sp³-hybridized carbons (Fsp3) is 0.261. The number of carboxylic acids is 1. The van der Waals surface area contributed by atoms with Crippen LogP contribution in [0, 0.1) is 11.6 Å². The molecule has 0 amide bonds. The molecule has 0 aliphatic heterocycles. The number of halogens is 6. The van der Waals surface area contributed by atoms with E-state index in [-0.39, 0.29) is 23.1 Å². The van der Waals surface area contributed by atoms with Crippen molar-refractivity contribution in [3.05, 3.63) is 74.4 Å². The van der Waals surface area contributed by atoms with Crippen LogP contribution < -0.4 is 4.74 Å². The van der Waals surface area contributed by atoms with Crippen LogP contribution in [0.4, 0.5) is 22.0 Å². The number of rotatable bonds is 8. The standard InChI is InChI=1S/C23H18ClF5O3S/c1-2-12(9-20(30)31)14-7-18(25)21(19(26)8-14)32-10-16-17(11-33-22(16)23(27,28)29)13-3-5-15(24)6-4-13/h3-8,11-12H,2,9-10H2,1H3,(H,30,31). The molecule has 2 aromatic carbocycles. The van der Waals surface area contributed by atoms with Crippen molar-refractivity contribution in [1.82, 2.24) is 0 Å². The lowest BCUT2D eigenvalue weighted by molar-refractivity contribution is -0.137. The molecular formula is C23H18ClF5O3S. The molecule has 0 saturated carbocycles. The Morgan fingerprint density at radius 3 is 2.27 bits per heavy atom. The van der Waals surface area contributed by atoms with Crippen LogP contribution in [0.1, 0.15) is 41.7 Å². The summed E-state index contributed by atoms with van der Waals surface area (Å²) in [6.07, 6.45) is -4.66. The van der Waals surface area contributed by atoms with Crippen LogP contribution in [-0.4, -0.2) is 11.1 Å². The number of benzene rings is 2. The maximum atomic E-state index is 14.6. The molecule has 10 heteroatoms. The molecule has 3 rings (SSSR count). The molecule has 1 unspecified atom stereocenters. The number of thiophene rings is 1. The van der Waals surface area contributed by atoms with Gasteiger partial charge in [0.15, 0.2) is 17.4 Å². The molecule has 0 bridgehead atoms. The number of hydrogen-bond acceptors (Lipinski definition) is 3. The van der Waals surface area contributed by atoms with Crippen LogP contribution in [0.2, 0.25) is 5.02 Å². The first-order valence-corrected chi connectivity index (χ1v) is 11.0. The quantitative estimate of drug-likeness (QED) is 0.317. The molecule has 1 atom stereocenters. The SMILES string of the molecule is CCC(CC(=O)O)c1cc(F)c(OCc2c(-c3ccc(Cl)cc3)csc2C(F)(F)F)c(F)c1. The molecule has 1 heterocycles. The lowest BCUT2D eigenvalue weighted by atomic mass is 9.93. The zero-order valence-electron chi connectivity index (χ0n) is 17.2. The average molecular weight is 505 g/mol. The summed E-state index contributed by atoms with van der Waals surface area (Å²) < 4.78 is 75.1. The Morgan fingerprint density at radius 1 is 1.15 bits per heavy atom. The number of carboxylic acid groups (broad SMARTS) is 1. The van der Waals surface area contributed by atoms with E-state index in [9.17, 15) is 26.7 Å². The summed E-state index contributed by atoms with van der Waals surface area (Å²) in [7, 11) is 0. The number of alkyl halides is 3. The lowest BCUT2D eigenvalue weighted by Crippen LogP contribution is -2.10. The van der Waals surface area contributed by atoms with Gasteiger partial charge in [0.1, 0.15) is 11.5 Å². The van der Waals surface area contributed by atoms with Gasteiger partial charge in [-0.25, -0.2) is 8.78 Å². The molecule has 0 radical (unpaired) electrons. The molecular weight excluding hydrogens is 487 g/mol. The predicted molar refractivity (Wildman–Crippen MR) is 116 cm³/mol. The number of aliphatic carboxylic acids is 1. The van der Waals surface area contributed by atoms with E-state index in [1.54, 1.807) is 6.92 Å². The van der Waals surface area contributed by atoms with E-state index in [2.05, 4.69) is 0 Å². The third-order valence-electron chi connectivity index (χ3n) is 5.07. The maximum Gasteiger partial charge on any atom is 0.426 e. The molecule has 0 aliphatic carbocycles. The number of ether oxygens (including phenoxy) is 1. The third-order valence-corrected chi connectivity index (χ3v) is 6.39.